The van der Waals surface area contributed by atoms with Crippen LogP contribution in [0.25, 0.3) is 0 Å². The molecule has 170 valence electrons. The van der Waals surface area contributed by atoms with E-state index in [1.807, 2.05) is 0 Å². The lowest BCUT2D eigenvalue weighted by atomic mass is 10.1. The number of carbonyl (C=O) groups is 2. The fraction of sp³-hybridized carbons (Fsp3) is 0.231. The summed E-state index contributed by atoms with van der Waals surface area (Å²) in [4.78, 5) is 26.0. The zero-order chi connectivity index (χ0) is 23.4. The quantitative estimate of drug-likeness (QED) is 0.440. The normalized spacial score (nSPS) is 12.9. The standard InChI is InChI=1S/C26H23F2NO4/c27-22-2-1-3-23(28)24(22)33-21-12-10-19(11-13-21)25(30)29(15-14-17-4-5-17)16-18-6-8-20(9-7-18)26(31)32/h1-3,6-13,17H,4-5,14-16H2,(H,31,32). The number of carboxylic acid groups (broad SMARTS) is 1. The molecule has 0 unspecified atom stereocenters. The van der Waals surface area contributed by atoms with E-state index in [2.05, 4.69) is 0 Å². The van der Waals surface area contributed by atoms with E-state index in [0.717, 1.165) is 24.1 Å². The number of halogens is 2. The molecule has 0 aliphatic heterocycles. The van der Waals surface area contributed by atoms with Crippen molar-refractivity contribution in [3.8, 4) is 11.5 Å². The first-order valence-electron chi connectivity index (χ1n) is 10.7. The molecule has 3 aromatic carbocycles. The van der Waals surface area contributed by atoms with Gasteiger partial charge in [-0.25, -0.2) is 13.6 Å². The van der Waals surface area contributed by atoms with Crippen LogP contribution in [0.15, 0.2) is 66.7 Å². The highest BCUT2D eigenvalue weighted by atomic mass is 19.1. The van der Waals surface area contributed by atoms with Crippen LogP contribution in [-0.2, 0) is 6.54 Å². The predicted octanol–water partition coefficient (Wildman–Crippen LogP) is 5.90. The molecule has 0 spiro atoms. The summed E-state index contributed by atoms with van der Waals surface area (Å²) in [6, 6.07) is 16.1. The fourth-order valence-electron chi connectivity index (χ4n) is 3.52. The third-order valence-corrected chi connectivity index (χ3v) is 5.61. The highest BCUT2D eigenvalue weighted by Crippen LogP contribution is 2.33. The summed E-state index contributed by atoms with van der Waals surface area (Å²) in [5.41, 5.74) is 1.45. The second kappa shape index (κ2) is 9.81. The van der Waals surface area contributed by atoms with Crippen molar-refractivity contribution in [1.29, 1.82) is 0 Å². The Kier molecular flexibility index (Phi) is 6.68. The fourth-order valence-corrected chi connectivity index (χ4v) is 3.52. The number of ether oxygens (including phenoxy) is 1. The molecular formula is C26H23F2NO4. The highest BCUT2D eigenvalue weighted by Gasteiger charge is 2.24. The summed E-state index contributed by atoms with van der Waals surface area (Å²) in [5.74, 6) is -2.44. The number of hydrogen-bond acceptors (Lipinski definition) is 3. The van der Waals surface area contributed by atoms with Gasteiger partial charge in [0.2, 0.25) is 0 Å². The number of nitrogens with zero attached hydrogens (tertiary/aromatic N) is 1. The predicted molar refractivity (Wildman–Crippen MR) is 118 cm³/mol. The Morgan fingerprint density at radius 2 is 1.52 bits per heavy atom. The highest BCUT2D eigenvalue weighted by molar-refractivity contribution is 5.94. The van der Waals surface area contributed by atoms with Crippen LogP contribution >= 0.6 is 0 Å². The summed E-state index contributed by atoms with van der Waals surface area (Å²) in [6.45, 7) is 0.938. The van der Waals surface area contributed by atoms with E-state index >= 15 is 0 Å². The first kappa shape index (κ1) is 22.5. The number of amides is 1. The van der Waals surface area contributed by atoms with Crippen LogP contribution in [0.5, 0.6) is 11.5 Å². The minimum Gasteiger partial charge on any atom is -0.478 e. The molecule has 0 bridgehead atoms. The van der Waals surface area contributed by atoms with Crippen molar-refractivity contribution in [3.63, 3.8) is 0 Å². The van der Waals surface area contributed by atoms with Crippen molar-refractivity contribution in [2.75, 3.05) is 6.54 Å². The van der Waals surface area contributed by atoms with Gasteiger partial charge in [0.1, 0.15) is 5.75 Å². The lowest BCUT2D eigenvalue weighted by Gasteiger charge is -2.23. The van der Waals surface area contributed by atoms with E-state index < -0.39 is 23.4 Å². The molecule has 0 saturated heterocycles. The van der Waals surface area contributed by atoms with Crippen LogP contribution in [0.1, 0.15) is 45.5 Å². The van der Waals surface area contributed by atoms with Crippen molar-refractivity contribution >= 4 is 11.9 Å². The average molecular weight is 451 g/mol. The second-order valence-electron chi connectivity index (χ2n) is 8.14. The van der Waals surface area contributed by atoms with Gasteiger partial charge in [-0.05, 0) is 66.4 Å². The SMILES string of the molecule is O=C(O)c1ccc(CN(CCC2CC2)C(=O)c2ccc(Oc3c(F)cccc3F)cc2)cc1. The molecule has 1 N–H and O–H groups in total. The Bertz CT molecular complexity index is 1120. The largest absolute Gasteiger partial charge is 0.478 e. The maximum Gasteiger partial charge on any atom is 0.335 e. The molecule has 5 nitrogen and oxygen atoms in total. The third-order valence-electron chi connectivity index (χ3n) is 5.61. The lowest BCUT2D eigenvalue weighted by Crippen LogP contribution is -2.31. The van der Waals surface area contributed by atoms with Gasteiger partial charge < -0.3 is 14.7 Å². The Hall–Kier alpha value is -3.74. The van der Waals surface area contributed by atoms with E-state index in [9.17, 15) is 18.4 Å². The Balaban J connectivity index is 1.48. The summed E-state index contributed by atoms with van der Waals surface area (Å²) < 4.78 is 33.0. The molecule has 0 radical (unpaired) electrons. The van der Waals surface area contributed by atoms with Crippen LogP contribution in [0.4, 0.5) is 8.78 Å². The summed E-state index contributed by atoms with van der Waals surface area (Å²) in [6.07, 6.45) is 3.26. The Morgan fingerprint density at radius 3 is 2.09 bits per heavy atom. The number of para-hydroxylation sites is 1. The van der Waals surface area contributed by atoms with Crippen LogP contribution in [0.2, 0.25) is 0 Å². The van der Waals surface area contributed by atoms with E-state index in [-0.39, 0.29) is 17.2 Å². The van der Waals surface area contributed by atoms with Crippen LogP contribution in [0.3, 0.4) is 0 Å². The minimum absolute atomic E-state index is 0.179. The van der Waals surface area contributed by atoms with Crippen molar-refractivity contribution < 1.29 is 28.2 Å². The van der Waals surface area contributed by atoms with Crippen molar-refractivity contribution in [1.82, 2.24) is 4.90 Å². The van der Waals surface area contributed by atoms with Gasteiger partial charge in [0.15, 0.2) is 17.4 Å². The molecule has 1 fully saturated rings. The molecule has 0 atom stereocenters. The molecule has 7 heteroatoms. The van der Waals surface area contributed by atoms with Gasteiger partial charge in [-0.15, -0.1) is 0 Å². The third kappa shape index (κ3) is 5.74. The second-order valence-corrected chi connectivity index (χ2v) is 8.14. The van der Waals surface area contributed by atoms with Crippen LogP contribution < -0.4 is 4.74 Å². The maximum absolute atomic E-state index is 13.8. The van der Waals surface area contributed by atoms with E-state index in [4.69, 9.17) is 9.84 Å². The molecule has 1 aliphatic rings. The molecular weight excluding hydrogens is 428 g/mol. The number of hydrogen-bond donors (Lipinski definition) is 1. The van der Waals surface area contributed by atoms with Crippen LogP contribution in [-0.4, -0.2) is 28.4 Å². The molecule has 1 saturated carbocycles. The number of benzene rings is 3. The number of carbonyl (C=O) groups excluding carboxylic acids is 1. The van der Waals surface area contributed by atoms with Crippen molar-refractivity contribution in [3.05, 3.63) is 95.1 Å². The van der Waals surface area contributed by atoms with Crippen LogP contribution in [0, 0.1) is 17.6 Å². The topological polar surface area (TPSA) is 66.8 Å². The van der Waals surface area contributed by atoms with Crippen molar-refractivity contribution in [2.24, 2.45) is 5.92 Å². The maximum atomic E-state index is 13.8. The molecule has 33 heavy (non-hydrogen) atoms. The zero-order valence-electron chi connectivity index (χ0n) is 17.8. The molecule has 1 aliphatic carbocycles. The van der Waals surface area contributed by atoms with Gasteiger partial charge in [-0.3, -0.25) is 4.79 Å². The number of carboxylic acids is 1. The zero-order valence-corrected chi connectivity index (χ0v) is 17.8. The summed E-state index contributed by atoms with van der Waals surface area (Å²) >= 11 is 0. The van der Waals surface area contributed by atoms with Crippen molar-refractivity contribution in [2.45, 2.75) is 25.8 Å². The monoisotopic (exact) mass is 451 g/mol. The summed E-state index contributed by atoms with van der Waals surface area (Å²) in [5, 5.41) is 9.08. The Labute approximate surface area is 190 Å². The molecule has 4 rings (SSSR count). The van der Waals surface area contributed by atoms with Gasteiger partial charge in [-0.1, -0.05) is 31.0 Å². The Morgan fingerprint density at radius 1 is 0.909 bits per heavy atom. The van der Waals surface area contributed by atoms with Gasteiger partial charge in [0.05, 0.1) is 5.56 Å². The molecule has 0 heterocycles. The number of rotatable bonds is 9. The van der Waals surface area contributed by atoms with Gasteiger partial charge in [0.25, 0.3) is 5.91 Å². The van der Waals surface area contributed by atoms with E-state index in [1.165, 1.54) is 43.2 Å². The molecule has 3 aromatic rings. The van der Waals surface area contributed by atoms with Gasteiger partial charge in [0, 0.05) is 18.7 Å². The van der Waals surface area contributed by atoms with E-state index in [1.54, 1.807) is 29.2 Å². The molecule has 1 amide bonds. The van der Waals surface area contributed by atoms with E-state index in [0.29, 0.717) is 24.6 Å². The average Bonchev–Trinajstić information content (AvgIpc) is 3.64. The number of aromatic carboxylic acids is 1. The van der Waals surface area contributed by atoms with Gasteiger partial charge in [-0.2, -0.15) is 0 Å². The minimum atomic E-state index is -0.999. The summed E-state index contributed by atoms with van der Waals surface area (Å²) in [7, 11) is 0. The first-order valence-corrected chi connectivity index (χ1v) is 10.7. The lowest BCUT2D eigenvalue weighted by molar-refractivity contribution is 0.0694. The smallest absolute Gasteiger partial charge is 0.335 e. The van der Waals surface area contributed by atoms with Gasteiger partial charge >= 0.3 is 5.97 Å². The first-order chi connectivity index (χ1) is 15.9. The molecule has 0 aromatic heterocycles.